The van der Waals surface area contributed by atoms with Crippen molar-refractivity contribution in [2.24, 2.45) is 11.7 Å². The second-order valence-corrected chi connectivity index (χ2v) is 5.16. The van der Waals surface area contributed by atoms with Gasteiger partial charge in [0.05, 0.1) is 6.54 Å². The van der Waals surface area contributed by atoms with E-state index in [9.17, 15) is 9.59 Å². The van der Waals surface area contributed by atoms with E-state index in [4.69, 9.17) is 5.73 Å². The van der Waals surface area contributed by atoms with Crippen LogP contribution < -0.4 is 11.1 Å². The first kappa shape index (κ1) is 13.0. The van der Waals surface area contributed by atoms with Gasteiger partial charge in [0.1, 0.15) is 5.82 Å². The summed E-state index contributed by atoms with van der Waals surface area (Å²) in [5.74, 6) is 0.543. The van der Waals surface area contributed by atoms with Gasteiger partial charge in [-0.3, -0.25) is 14.5 Å². The van der Waals surface area contributed by atoms with Crippen LogP contribution in [0.3, 0.4) is 0 Å². The molecule has 3 N–H and O–H groups in total. The molecule has 1 saturated heterocycles. The Kier molecular flexibility index (Phi) is 4.27. The van der Waals surface area contributed by atoms with Gasteiger partial charge in [0.2, 0.25) is 11.8 Å². The molecule has 1 aliphatic heterocycles. The SMILES string of the molecule is NC(=O)CC1CCN(CC(=O)Nc2ccsn2)C1. The van der Waals surface area contributed by atoms with Gasteiger partial charge in [-0.1, -0.05) is 0 Å². The standard InChI is InChI=1S/C11H16N4O2S/c12-9(16)5-8-1-3-15(6-8)7-11(17)13-10-2-4-18-14-10/h2,4,8H,1,3,5-7H2,(H2,12,16)(H,13,14,17). The third-order valence-electron chi connectivity index (χ3n) is 2.93. The number of carbonyl (C=O) groups excluding carboxylic acids is 2. The van der Waals surface area contributed by atoms with Crippen molar-refractivity contribution in [2.45, 2.75) is 12.8 Å². The zero-order chi connectivity index (χ0) is 13.0. The number of hydrogen-bond acceptors (Lipinski definition) is 5. The Labute approximate surface area is 109 Å². The van der Waals surface area contributed by atoms with Crippen molar-refractivity contribution < 1.29 is 9.59 Å². The number of anilines is 1. The van der Waals surface area contributed by atoms with Crippen LogP contribution in [0.4, 0.5) is 5.82 Å². The van der Waals surface area contributed by atoms with Gasteiger partial charge in [-0.05, 0) is 36.5 Å². The number of nitrogens with zero attached hydrogens (tertiary/aromatic N) is 2. The van der Waals surface area contributed by atoms with Crippen molar-refractivity contribution in [3.8, 4) is 0 Å². The molecule has 6 nitrogen and oxygen atoms in total. The predicted molar refractivity (Wildman–Crippen MR) is 69.1 cm³/mol. The van der Waals surface area contributed by atoms with Crippen LogP contribution in [0.15, 0.2) is 11.4 Å². The molecule has 2 amide bonds. The molecule has 98 valence electrons. The van der Waals surface area contributed by atoms with Crippen molar-refractivity contribution in [3.63, 3.8) is 0 Å². The second-order valence-electron chi connectivity index (χ2n) is 4.49. The van der Waals surface area contributed by atoms with E-state index in [0.717, 1.165) is 19.5 Å². The molecule has 18 heavy (non-hydrogen) atoms. The molecule has 0 bridgehead atoms. The fourth-order valence-electron chi connectivity index (χ4n) is 2.17. The number of amides is 2. The molecule has 1 aliphatic rings. The van der Waals surface area contributed by atoms with Crippen LogP contribution in [0.1, 0.15) is 12.8 Å². The number of nitrogens with one attached hydrogen (secondary N) is 1. The minimum atomic E-state index is -0.270. The molecule has 1 unspecified atom stereocenters. The van der Waals surface area contributed by atoms with Gasteiger partial charge in [0.25, 0.3) is 0 Å². The van der Waals surface area contributed by atoms with Crippen LogP contribution in [-0.2, 0) is 9.59 Å². The lowest BCUT2D eigenvalue weighted by Gasteiger charge is -2.14. The Morgan fingerprint density at radius 1 is 1.61 bits per heavy atom. The molecular weight excluding hydrogens is 252 g/mol. The van der Waals surface area contributed by atoms with Gasteiger partial charge in [-0.2, -0.15) is 4.37 Å². The molecule has 1 aromatic rings. The average molecular weight is 268 g/mol. The third kappa shape index (κ3) is 3.78. The summed E-state index contributed by atoms with van der Waals surface area (Å²) in [6, 6.07) is 1.77. The van der Waals surface area contributed by atoms with Crippen LogP contribution in [-0.4, -0.2) is 40.7 Å². The number of likely N-dealkylation sites (tertiary alicyclic amines) is 1. The normalized spacial score (nSPS) is 19.9. The highest BCUT2D eigenvalue weighted by atomic mass is 32.1. The molecule has 1 fully saturated rings. The van der Waals surface area contributed by atoms with Crippen molar-refractivity contribution in [3.05, 3.63) is 11.4 Å². The van der Waals surface area contributed by atoms with Crippen molar-refractivity contribution >= 4 is 29.2 Å². The summed E-state index contributed by atoms with van der Waals surface area (Å²) in [4.78, 5) is 24.6. The Morgan fingerprint density at radius 3 is 3.11 bits per heavy atom. The number of aromatic nitrogens is 1. The minimum absolute atomic E-state index is 0.0689. The molecule has 2 rings (SSSR count). The molecule has 0 spiro atoms. The molecule has 7 heteroatoms. The Morgan fingerprint density at radius 2 is 2.44 bits per heavy atom. The largest absolute Gasteiger partial charge is 0.370 e. The molecule has 0 radical (unpaired) electrons. The van der Waals surface area contributed by atoms with Crippen LogP contribution in [0.25, 0.3) is 0 Å². The number of primary amides is 1. The molecule has 1 atom stereocenters. The van der Waals surface area contributed by atoms with Gasteiger partial charge in [-0.25, -0.2) is 0 Å². The molecular formula is C11H16N4O2S. The van der Waals surface area contributed by atoms with Gasteiger partial charge < -0.3 is 11.1 Å². The Bertz CT molecular complexity index is 421. The van der Waals surface area contributed by atoms with E-state index in [-0.39, 0.29) is 17.7 Å². The first-order chi connectivity index (χ1) is 8.63. The molecule has 2 heterocycles. The first-order valence-corrected chi connectivity index (χ1v) is 6.68. The summed E-state index contributed by atoms with van der Waals surface area (Å²) >= 11 is 1.30. The van der Waals surface area contributed by atoms with Crippen molar-refractivity contribution in [1.29, 1.82) is 0 Å². The van der Waals surface area contributed by atoms with Crippen LogP contribution in [0.5, 0.6) is 0 Å². The lowest BCUT2D eigenvalue weighted by molar-refractivity contribution is -0.118. The van der Waals surface area contributed by atoms with Gasteiger partial charge in [0, 0.05) is 18.3 Å². The summed E-state index contributed by atoms with van der Waals surface area (Å²) in [6.07, 6.45) is 1.33. The fraction of sp³-hybridized carbons (Fsp3) is 0.545. The minimum Gasteiger partial charge on any atom is -0.370 e. The second kappa shape index (κ2) is 5.92. The lowest BCUT2D eigenvalue weighted by Crippen LogP contribution is -2.32. The fourth-order valence-corrected chi connectivity index (χ4v) is 2.64. The van der Waals surface area contributed by atoms with E-state index in [1.54, 1.807) is 6.07 Å². The third-order valence-corrected chi connectivity index (χ3v) is 3.49. The molecule has 0 saturated carbocycles. The van der Waals surface area contributed by atoms with E-state index < -0.39 is 0 Å². The summed E-state index contributed by atoms with van der Waals surface area (Å²) in [5, 5.41) is 4.55. The van der Waals surface area contributed by atoms with Crippen LogP contribution >= 0.6 is 11.5 Å². The topological polar surface area (TPSA) is 88.3 Å². The number of rotatable bonds is 5. The lowest BCUT2D eigenvalue weighted by atomic mass is 10.1. The molecule has 1 aromatic heterocycles. The number of nitrogens with two attached hydrogens (primary N) is 1. The highest BCUT2D eigenvalue weighted by molar-refractivity contribution is 7.03. The highest BCUT2D eigenvalue weighted by Gasteiger charge is 2.25. The smallest absolute Gasteiger partial charge is 0.239 e. The van der Waals surface area contributed by atoms with E-state index >= 15 is 0 Å². The zero-order valence-electron chi connectivity index (χ0n) is 9.96. The zero-order valence-corrected chi connectivity index (χ0v) is 10.8. The van der Waals surface area contributed by atoms with Crippen molar-refractivity contribution in [2.75, 3.05) is 25.0 Å². The van der Waals surface area contributed by atoms with Gasteiger partial charge in [-0.15, -0.1) is 0 Å². The maximum absolute atomic E-state index is 11.7. The first-order valence-electron chi connectivity index (χ1n) is 5.84. The Hall–Kier alpha value is -1.47. The monoisotopic (exact) mass is 268 g/mol. The quantitative estimate of drug-likeness (QED) is 0.802. The number of hydrogen-bond donors (Lipinski definition) is 2. The summed E-state index contributed by atoms with van der Waals surface area (Å²) in [5.41, 5.74) is 5.17. The highest BCUT2D eigenvalue weighted by Crippen LogP contribution is 2.18. The maximum atomic E-state index is 11.7. The summed E-state index contributed by atoms with van der Waals surface area (Å²) in [7, 11) is 0. The van der Waals surface area contributed by atoms with Gasteiger partial charge >= 0.3 is 0 Å². The van der Waals surface area contributed by atoms with Crippen LogP contribution in [0.2, 0.25) is 0 Å². The van der Waals surface area contributed by atoms with E-state index in [2.05, 4.69) is 9.69 Å². The van der Waals surface area contributed by atoms with E-state index in [0.29, 0.717) is 18.8 Å². The number of carbonyl (C=O) groups is 2. The summed E-state index contributed by atoms with van der Waals surface area (Å²) < 4.78 is 4.02. The Balaban J connectivity index is 1.74. The maximum Gasteiger partial charge on any atom is 0.239 e. The molecule has 0 aliphatic carbocycles. The van der Waals surface area contributed by atoms with Gasteiger partial charge in [0.15, 0.2) is 0 Å². The molecule has 0 aromatic carbocycles. The van der Waals surface area contributed by atoms with Crippen molar-refractivity contribution in [1.82, 2.24) is 9.27 Å². The van der Waals surface area contributed by atoms with Crippen LogP contribution in [0, 0.1) is 5.92 Å². The average Bonchev–Trinajstić information content (AvgIpc) is 2.89. The van der Waals surface area contributed by atoms with E-state index in [1.807, 2.05) is 10.3 Å². The van der Waals surface area contributed by atoms with E-state index in [1.165, 1.54) is 11.5 Å². The predicted octanol–water partition coefficient (Wildman–Crippen LogP) is 0.279. The summed E-state index contributed by atoms with van der Waals surface area (Å²) in [6.45, 7) is 1.93.